The number of carbonyl (C=O) groups is 1. The first-order valence-corrected chi connectivity index (χ1v) is 7.75. The van der Waals surface area contributed by atoms with E-state index in [-0.39, 0.29) is 17.0 Å². The molecule has 0 saturated heterocycles. The Morgan fingerprint density at radius 2 is 1.62 bits per heavy atom. The minimum atomic E-state index is -3.57. The van der Waals surface area contributed by atoms with Crippen LogP contribution in [0.5, 0.6) is 0 Å². The summed E-state index contributed by atoms with van der Waals surface area (Å²) < 4.78 is 26.7. The molecular formula is C15H15NO4S. The molecule has 0 heterocycles. The number of benzene rings is 2. The zero-order valence-corrected chi connectivity index (χ0v) is 12.2. The lowest BCUT2D eigenvalue weighted by atomic mass is 10.1. The van der Waals surface area contributed by atoms with Gasteiger partial charge in [0.15, 0.2) is 0 Å². The van der Waals surface area contributed by atoms with Gasteiger partial charge in [-0.25, -0.2) is 17.9 Å². The van der Waals surface area contributed by atoms with Crippen molar-refractivity contribution < 1.29 is 18.3 Å². The van der Waals surface area contributed by atoms with Crippen LogP contribution in [-0.2, 0) is 16.6 Å². The summed E-state index contributed by atoms with van der Waals surface area (Å²) in [4.78, 5) is 10.9. The molecule has 2 N–H and O–H groups in total. The molecular weight excluding hydrogens is 290 g/mol. The molecule has 0 spiro atoms. The molecule has 0 aliphatic rings. The summed E-state index contributed by atoms with van der Waals surface area (Å²) in [6.45, 7) is 1.99. The average molecular weight is 305 g/mol. The highest BCUT2D eigenvalue weighted by atomic mass is 32.2. The Labute approximate surface area is 123 Å². The van der Waals surface area contributed by atoms with E-state index < -0.39 is 16.0 Å². The Morgan fingerprint density at radius 1 is 1.05 bits per heavy atom. The third kappa shape index (κ3) is 3.90. The van der Waals surface area contributed by atoms with Gasteiger partial charge in [0, 0.05) is 6.54 Å². The molecule has 0 aliphatic carbocycles. The predicted molar refractivity (Wildman–Crippen MR) is 78.6 cm³/mol. The first-order valence-electron chi connectivity index (χ1n) is 6.27. The van der Waals surface area contributed by atoms with Crippen LogP contribution in [0.25, 0.3) is 0 Å². The molecule has 110 valence electrons. The number of aromatic carboxylic acids is 1. The molecule has 2 aromatic rings. The van der Waals surface area contributed by atoms with Crippen molar-refractivity contribution in [2.24, 2.45) is 0 Å². The van der Waals surface area contributed by atoms with Crippen LogP contribution in [-0.4, -0.2) is 19.5 Å². The molecule has 5 nitrogen and oxygen atoms in total. The Balaban J connectivity index is 2.08. The molecule has 0 amide bonds. The van der Waals surface area contributed by atoms with Crippen molar-refractivity contribution in [1.29, 1.82) is 0 Å². The van der Waals surface area contributed by atoms with E-state index in [2.05, 4.69) is 4.72 Å². The highest BCUT2D eigenvalue weighted by Crippen LogP contribution is 2.11. The summed E-state index contributed by atoms with van der Waals surface area (Å²) >= 11 is 0. The summed E-state index contributed by atoms with van der Waals surface area (Å²) in [5.74, 6) is -1.01. The predicted octanol–water partition coefficient (Wildman–Crippen LogP) is 2.17. The second kappa shape index (κ2) is 6.07. The lowest BCUT2D eigenvalue weighted by Gasteiger charge is -2.07. The standard InChI is InChI=1S/C15H15NO4S/c1-11-2-8-14(9-3-11)21(19,20)16-10-12-4-6-13(7-5-12)15(17)18/h2-9,16H,10H2,1H3,(H,17,18). The van der Waals surface area contributed by atoms with Crippen molar-refractivity contribution in [3.8, 4) is 0 Å². The molecule has 0 radical (unpaired) electrons. The molecule has 0 fully saturated rings. The highest BCUT2D eigenvalue weighted by Gasteiger charge is 2.13. The first-order chi connectivity index (χ1) is 9.88. The minimum absolute atomic E-state index is 0.107. The Morgan fingerprint density at radius 3 is 2.14 bits per heavy atom. The molecule has 0 saturated carbocycles. The monoisotopic (exact) mass is 305 g/mol. The molecule has 0 unspecified atom stereocenters. The van der Waals surface area contributed by atoms with Crippen LogP contribution >= 0.6 is 0 Å². The number of carboxylic acid groups (broad SMARTS) is 1. The van der Waals surface area contributed by atoms with Crippen molar-refractivity contribution in [1.82, 2.24) is 4.72 Å². The number of carboxylic acids is 1. The van der Waals surface area contributed by atoms with Crippen molar-refractivity contribution in [3.05, 3.63) is 65.2 Å². The number of sulfonamides is 1. The van der Waals surface area contributed by atoms with Gasteiger partial charge >= 0.3 is 5.97 Å². The number of hydrogen-bond acceptors (Lipinski definition) is 3. The second-order valence-electron chi connectivity index (χ2n) is 4.64. The maximum absolute atomic E-state index is 12.1. The largest absolute Gasteiger partial charge is 0.478 e. The maximum Gasteiger partial charge on any atom is 0.335 e. The lowest BCUT2D eigenvalue weighted by molar-refractivity contribution is 0.0697. The van der Waals surface area contributed by atoms with Crippen LogP contribution in [0.1, 0.15) is 21.5 Å². The van der Waals surface area contributed by atoms with Gasteiger partial charge in [-0.15, -0.1) is 0 Å². The zero-order valence-electron chi connectivity index (χ0n) is 11.4. The average Bonchev–Trinajstić information content (AvgIpc) is 2.46. The van der Waals surface area contributed by atoms with Crippen LogP contribution < -0.4 is 4.72 Å². The Hall–Kier alpha value is -2.18. The van der Waals surface area contributed by atoms with Crippen molar-refractivity contribution in [3.63, 3.8) is 0 Å². The molecule has 0 bridgehead atoms. The van der Waals surface area contributed by atoms with Gasteiger partial charge < -0.3 is 5.11 Å². The van der Waals surface area contributed by atoms with Gasteiger partial charge in [0.1, 0.15) is 0 Å². The summed E-state index contributed by atoms with van der Waals surface area (Å²) in [5.41, 5.74) is 1.84. The normalized spacial score (nSPS) is 11.3. The third-order valence-electron chi connectivity index (χ3n) is 3.00. The van der Waals surface area contributed by atoms with E-state index in [9.17, 15) is 13.2 Å². The molecule has 2 rings (SSSR count). The molecule has 0 atom stereocenters. The van der Waals surface area contributed by atoms with E-state index in [1.807, 2.05) is 6.92 Å². The maximum atomic E-state index is 12.1. The molecule has 0 aliphatic heterocycles. The van der Waals surface area contributed by atoms with Crippen molar-refractivity contribution >= 4 is 16.0 Å². The van der Waals surface area contributed by atoms with Gasteiger partial charge in [0.05, 0.1) is 10.5 Å². The van der Waals surface area contributed by atoms with Crippen molar-refractivity contribution in [2.75, 3.05) is 0 Å². The SMILES string of the molecule is Cc1ccc(S(=O)(=O)NCc2ccc(C(=O)O)cc2)cc1. The van der Waals surface area contributed by atoms with Crippen LogP contribution in [0.2, 0.25) is 0 Å². The van der Waals surface area contributed by atoms with E-state index in [0.717, 1.165) is 5.56 Å². The van der Waals surface area contributed by atoms with Crippen molar-refractivity contribution in [2.45, 2.75) is 18.4 Å². The minimum Gasteiger partial charge on any atom is -0.478 e. The molecule has 2 aromatic carbocycles. The Bertz CT molecular complexity index is 734. The van der Waals surface area contributed by atoms with Crippen LogP contribution in [0.15, 0.2) is 53.4 Å². The van der Waals surface area contributed by atoms with E-state index >= 15 is 0 Å². The Kier molecular flexibility index (Phi) is 4.40. The smallest absolute Gasteiger partial charge is 0.335 e. The van der Waals surface area contributed by atoms with E-state index in [1.165, 1.54) is 12.1 Å². The zero-order chi connectivity index (χ0) is 15.5. The fourth-order valence-corrected chi connectivity index (χ4v) is 2.76. The van der Waals surface area contributed by atoms with E-state index in [4.69, 9.17) is 5.11 Å². The second-order valence-corrected chi connectivity index (χ2v) is 6.41. The van der Waals surface area contributed by atoms with Gasteiger partial charge in [-0.1, -0.05) is 29.8 Å². The van der Waals surface area contributed by atoms with E-state index in [1.54, 1.807) is 36.4 Å². The van der Waals surface area contributed by atoms with Gasteiger partial charge in [-0.05, 0) is 36.8 Å². The summed E-state index contributed by atoms with van der Waals surface area (Å²) in [6.07, 6.45) is 0. The van der Waals surface area contributed by atoms with Crippen LogP contribution in [0.3, 0.4) is 0 Å². The fraction of sp³-hybridized carbons (Fsp3) is 0.133. The molecule has 0 aromatic heterocycles. The summed E-state index contributed by atoms with van der Waals surface area (Å²) in [7, 11) is -3.57. The molecule has 6 heteroatoms. The number of rotatable bonds is 5. The quantitative estimate of drug-likeness (QED) is 0.887. The summed E-state index contributed by atoms with van der Waals surface area (Å²) in [6, 6.07) is 12.6. The van der Waals surface area contributed by atoms with Gasteiger partial charge in [0.2, 0.25) is 10.0 Å². The highest BCUT2D eigenvalue weighted by molar-refractivity contribution is 7.89. The van der Waals surface area contributed by atoms with Gasteiger partial charge in [-0.2, -0.15) is 0 Å². The summed E-state index contributed by atoms with van der Waals surface area (Å²) in [5, 5.41) is 8.79. The molecule has 21 heavy (non-hydrogen) atoms. The first kappa shape index (κ1) is 15.2. The number of hydrogen-bond donors (Lipinski definition) is 2. The van der Waals surface area contributed by atoms with E-state index in [0.29, 0.717) is 5.56 Å². The number of aryl methyl sites for hydroxylation is 1. The fourth-order valence-electron chi connectivity index (χ4n) is 1.74. The van der Waals surface area contributed by atoms with Crippen LogP contribution in [0.4, 0.5) is 0 Å². The van der Waals surface area contributed by atoms with Gasteiger partial charge in [0.25, 0.3) is 0 Å². The lowest BCUT2D eigenvalue weighted by Crippen LogP contribution is -2.23. The van der Waals surface area contributed by atoms with Crippen LogP contribution in [0, 0.1) is 6.92 Å². The number of nitrogens with one attached hydrogen (secondary N) is 1. The third-order valence-corrected chi connectivity index (χ3v) is 4.42. The van der Waals surface area contributed by atoms with Gasteiger partial charge in [-0.3, -0.25) is 0 Å². The topological polar surface area (TPSA) is 83.5 Å².